The second kappa shape index (κ2) is 7.81. The van der Waals surface area contributed by atoms with Gasteiger partial charge in [0.05, 0.1) is 12.6 Å². The predicted octanol–water partition coefficient (Wildman–Crippen LogP) is -1.20. The van der Waals surface area contributed by atoms with Gasteiger partial charge in [0.15, 0.2) is 5.84 Å². The molecule has 1 atom stereocenters. The largest absolute Gasteiger partial charge is 0.545 e. The topological polar surface area (TPSA) is 159 Å². The maximum absolute atomic E-state index is 11.5. The highest BCUT2D eigenvalue weighted by atomic mass is 16.5. The van der Waals surface area contributed by atoms with E-state index in [4.69, 9.17) is 10.5 Å². The molecule has 0 aliphatic carbocycles. The molecule has 0 aromatic heterocycles. The van der Waals surface area contributed by atoms with Gasteiger partial charge in [-0.2, -0.15) is 4.99 Å². The smallest absolute Gasteiger partial charge is 0.263 e. The van der Waals surface area contributed by atoms with Crippen LogP contribution in [0.2, 0.25) is 0 Å². The molecule has 1 unspecified atom stereocenters. The summed E-state index contributed by atoms with van der Waals surface area (Å²) in [4.78, 5) is 40.6. The molecular weight excluding hydrogens is 318 g/mol. The number of nitroso groups, excluding NO2 is 1. The van der Waals surface area contributed by atoms with Gasteiger partial charge in [-0.3, -0.25) is 15.1 Å². The van der Waals surface area contributed by atoms with Crippen LogP contribution in [0.15, 0.2) is 39.4 Å². The average molecular weight is 332 g/mol. The summed E-state index contributed by atoms with van der Waals surface area (Å²) in [7, 11) is 0. The Morgan fingerprint density at radius 1 is 1.38 bits per heavy atom. The molecule has 3 N–H and O–H groups in total. The molecule has 1 aromatic rings. The second-order valence-electron chi connectivity index (χ2n) is 4.75. The van der Waals surface area contributed by atoms with Crippen LogP contribution in [0.3, 0.4) is 0 Å². The Hall–Kier alpha value is -3.30. The van der Waals surface area contributed by atoms with Gasteiger partial charge in [-0.05, 0) is 35.0 Å². The molecule has 0 saturated carbocycles. The van der Waals surface area contributed by atoms with Crippen molar-refractivity contribution >= 4 is 23.7 Å². The summed E-state index contributed by atoms with van der Waals surface area (Å²) in [5, 5.41) is 15.5. The van der Waals surface area contributed by atoms with Crippen molar-refractivity contribution in [2.75, 3.05) is 13.2 Å². The molecule has 10 heteroatoms. The van der Waals surface area contributed by atoms with Gasteiger partial charge in [-0.25, -0.2) is 0 Å². The third-order valence-electron chi connectivity index (χ3n) is 3.02. The third kappa shape index (κ3) is 4.35. The summed E-state index contributed by atoms with van der Waals surface area (Å²) in [6.45, 7) is 0.550. The number of hydrogen-bond acceptors (Lipinski definition) is 8. The van der Waals surface area contributed by atoms with Crippen molar-refractivity contribution in [3.05, 3.63) is 34.7 Å². The highest BCUT2D eigenvalue weighted by Gasteiger charge is 2.30. The summed E-state index contributed by atoms with van der Waals surface area (Å²) in [6.07, 6.45) is 0.481. The van der Waals surface area contributed by atoms with Crippen LogP contribution in [-0.2, 0) is 4.79 Å². The number of aromatic carboxylic acids is 1. The van der Waals surface area contributed by atoms with Gasteiger partial charge in [-0.15, -0.1) is 4.91 Å². The zero-order chi connectivity index (χ0) is 17.5. The summed E-state index contributed by atoms with van der Waals surface area (Å²) in [6, 6.07) is 4.47. The number of nitrogens with two attached hydrogens (primary N) is 1. The highest BCUT2D eigenvalue weighted by molar-refractivity contribution is 6.19. The van der Waals surface area contributed by atoms with Crippen LogP contribution in [0.5, 0.6) is 5.75 Å². The molecular formula is C14H14N5O5-. The lowest BCUT2D eigenvalue weighted by Gasteiger charge is -2.15. The monoisotopic (exact) mass is 332 g/mol. The lowest BCUT2D eigenvalue weighted by Crippen LogP contribution is -2.49. The normalized spacial score (nSPS) is 18.7. The van der Waals surface area contributed by atoms with Gasteiger partial charge in [-0.1, -0.05) is 0 Å². The SMILES string of the molecule is NC1=NC(=NCCCOc2ccc(C(=O)[O-])cc2)C(N=O)C(=O)N1. The van der Waals surface area contributed by atoms with Gasteiger partial charge in [0, 0.05) is 13.0 Å². The standard InChI is InChI=1S/C14H15N5O5/c15-14-17-11(10(19-23)12(20)18-14)16-6-1-7-24-9-4-2-8(3-5-9)13(21)22/h2-5,10H,1,6-7H2,(H,21,22)(H3,15,16,17,18,20)/p-1. The van der Waals surface area contributed by atoms with Crippen LogP contribution in [0.1, 0.15) is 16.8 Å². The number of guanidine groups is 1. The van der Waals surface area contributed by atoms with E-state index in [1.807, 2.05) is 0 Å². The Kier molecular flexibility index (Phi) is 5.55. The first-order chi connectivity index (χ1) is 11.5. The number of ether oxygens (including phenoxy) is 1. The Labute approximate surface area is 136 Å². The third-order valence-corrected chi connectivity index (χ3v) is 3.02. The number of amidine groups is 1. The summed E-state index contributed by atoms with van der Waals surface area (Å²) < 4.78 is 5.42. The molecule has 1 aliphatic heterocycles. The zero-order valence-corrected chi connectivity index (χ0v) is 12.5. The van der Waals surface area contributed by atoms with Crippen LogP contribution in [0.25, 0.3) is 0 Å². The minimum absolute atomic E-state index is 0.0374. The van der Waals surface area contributed by atoms with Crippen LogP contribution in [0.4, 0.5) is 0 Å². The Bertz CT molecular complexity index is 698. The number of carbonyl (C=O) groups is 2. The summed E-state index contributed by atoms with van der Waals surface area (Å²) in [5.74, 6) is -1.60. The van der Waals surface area contributed by atoms with Crippen LogP contribution in [-0.4, -0.2) is 42.9 Å². The molecule has 0 bridgehead atoms. The van der Waals surface area contributed by atoms with E-state index in [0.29, 0.717) is 18.8 Å². The van der Waals surface area contributed by atoms with Crippen molar-refractivity contribution < 1.29 is 19.4 Å². The Morgan fingerprint density at radius 3 is 2.71 bits per heavy atom. The molecule has 0 radical (unpaired) electrons. The van der Waals surface area contributed by atoms with E-state index >= 15 is 0 Å². The molecule has 0 spiro atoms. The molecule has 0 fully saturated rings. The molecule has 1 aromatic carbocycles. The van der Waals surface area contributed by atoms with Crippen molar-refractivity contribution in [3.8, 4) is 5.75 Å². The van der Waals surface area contributed by atoms with E-state index in [9.17, 15) is 19.6 Å². The lowest BCUT2D eigenvalue weighted by molar-refractivity contribution is -0.255. The predicted molar refractivity (Wildman–Crippen MR) is 82.5 cm³/mol. The van der Waals surface area contributed by atoms with Crippen molar-refractivity contribution in [1.82, 2.24) is 5.32 Å². The van der Waals surface area contributed by atoms with Gasteiger partial charge < -0.3 is 20.4 Å². The first-order valence-corrected chi connectivity index (χ1v) is 6.97. The molecule has 1 amide bonds. The molecule has 10 nitrogen and oxygen atoms in total. The highest BCUT2D eigenvalue weighted by Crippen LogP contribution is 2.12. The van der Waals surface area contributed by atoms with Crippen LogP contribution >= 0.6 is 0 Å². The molecule has 2 rings (SSSR count). The van der Waals surface area contributed by atoms with Crippen LogP contribution in [0, 0.1) is 4.91 Å². The van der Waals surface area contributed by atoms with E-state index in [1.165, 1.54) is 24.3 Å². The number of hydrogen-bond donors (Lipinski definition) is 2. The maximum atomic E-state index is 11.5. The molecule has 0 saturated heterocycles. The fraction of sp³-hybridized carbons (Fsp3) is 0.286. The lowest BCUT2D eigenvalue weighted by atomic mass is 10.2. The van der Waals surface area contributed by atoms with E-state index in [1.54, 1.807) is 0 Å². The fourth-order valence-corrected chi connectivity index (χ4v) is 1.88. The number of aliphatic imine (C=N–C) groups is 2. The zero-order valence-electron chi connectivity index (χ0n) is 12.5. The van der Waals surface area contributed by atoms with Gasteiger partial charge in [0.2, 0.25) is 12.0 Å². The van der Waals surface area contributed by atoms with E-state index in [-0.39, 0.29) is 23.9 Å². The molecule has 1 heterocycles. The van der Waals surface area contributed by atoms with Gasteiger partial charge >= 0.3 is 0 Å². The number of nitrogens with one attached hydrogen (secondary N) is 1. The molecule has 126 valence electrons. The number of carbonyl (C=O) groups excluding carboxylic acids is 2. The number of nitrogens with zero attached hydrogens (tertiary/aromatic N) is 3. The summed E-state index contributed by atoms with van der Waals surface area (Å²) in [5.41, 5.74) is 5.46. The molecule has 1 aliphatic rings. The number of amides is 1. The van der Waals surface area contributed by atoms with E-state index < -0.39 is 17.9 Å². The van der Waals surface area contributed by atoms with E-state index in [0.717, 1.165) is 0 Å². The van der Waals surface area contributed by atoms with Crippen molar-refractivity contribution in [1.29, 1.82) is 0 Å². The number of carboxylic acids is 1. The van der Waals surface area contributed by atoms with Crippen molar-refractivity contribution in [2.24, 2.45) is 20.9 Å². The van der Waals surface area contributed by atoms with Gasteiger partial charge in [0.25, 0.3) is 5.91 Å². The van der Waals surface area contributed by atoms with Crippen molar-refractivity contribution in [2.45, 2.75) is 12.5 Å². The van der Waals surface area contributed by atoms with Gasteiger partial charge in [0.1, 0.15) is 5.75 Å². The summed E-state index contributed by atoms with van der Waals surface area (Å²) >= 11 is 0. The number of benzene rings is 1. The van der Waals surface area contributed by atoms with E-state index in [2.05, 4.69) is 20.5 Å². The molecule has 24 heavy (non-hydrogen) atoms. The average Bonchev–Trinajstić information content (AvgIpc) is 2.54. The number of carboxylic acid groups (broad SMARTS) is 1. The Balaban J connectivity index is 1.83. The number of rotatable bonds is 7. The second-order valence-corrected chi connectivity index (χ2v) is 4.75. The first-order valence-electron chi connectivity index (χ1n) is 6.97. The maximum Gasteiger partial charge on any atom is 0.263 e. The fourth-order valence-electron chi connectivity index (χ4n) is 1.88. The van der Waals surface area contributed by atoms with Crippen LogP contribution < -0.4 is 20.9 Å². The quantitative estimate of drug-likeness (QED) is 0.471. The first kappa shape index (κ1) is 17.1. The Morgan fingerprint density at radius 2 is 2.08 bits per heavy atom. The minimum Gasteiger partial charge on any atom is -0.545 e. The minimum atomic E-state index is -1.31. The van der Waals surface area contributed by atoms with Crippen molar-refractivity contribution in [3.63, 3.8) is 0 Å².